The van der Waals surface area contributed by atoms with E-state index in [1.165, 1.54) is 18.2 Å². The summed E-state index contributed by atoms with van der Waals surface area (Å²) in [4.78, 5) is 51.7. The van der Waals surface area contributed by atoms with Crippen molar-refractivity contribution in [3.05, 3.63) is 99.6 Å². The SMILES string of the molecule is Cc1ccc(N2C(=O)c3ccc(C(=O)OCC(=O)c4cc(C)ccc4C)cc3C2=O)cc1. The summed E-state index contributed by atoms with van der Waals surface area (Å²) in [6.45, 7) is 5.19. The molecule has 4 rings (SSSR count). The van der Waals surface area contributed by atoms with E-state index in [0.29, 0.717) is 11.3 Å². The number of imide groups is 1. The summed E-state index contributed by atoms with van der Waals surface area (Å²) in [6, 6.07) is 16.7. The number of fused-ring (bicyclic) bond motifs is 1. The molecule has 3 aromatic rings. The molecule has 0 atom stereocenters. The molecule has 0 saturated heterocycles. The van der Waals surface area contributed by atoms with Crippen LogP contribution in [0.3, 0.4) is 0 Å². The van der Waals surface area contributed by atoms with Crippen LogP contribution in [0.4, 0.5) is 5.69 Å². The topological polar surface area (TPSA) is 80.8 Å². The molecule has 1 aliphatic rings. The van der Waals surface area contributed by atoms with Crippen molar-refractivity contribution in [3.63, 3.8) is 0 Å². The molecule has 6 heteroatoms. The number of Topliss-reactive ketones (excluding diaryl/α,β-unsaturated/α-hetero) is 1. The second-order valence-electron chi connectivity index (χ2n) is 7.86. The zero-order valence-corrected chi connectivity index (χ0v) is 18.0. The highest BCUT2D eigenvalue weighted by Gasteiger charge is 2.37. The van der Waals surface area contributed by atoms with Gasteiger partial charge in [-0.3, -0.25) is 14.4 Å². The van der Waals surface area contributed by atoms with Crippen LogP contribution in [0.1, 0.15) is 58.1 Å². The normalized spacial score (nSPS) is 12.7. The van der Waals surface area contributed by atoms with Crippen molar-refractivity contribution in [1.82, 2.24) is 0 Å². The van der Waals surface area contributed by atoms with E-state index in [1.54, 1.807) is 18.2 Å². The lowest BCUT2D eigenvalue weighted by molar-refractivity contribution is 0.0474. The lowest BCUT2D eigenvalue weighted by atomic mass is 10.0. The maximum absolute atomic E-state index is 12.9. The average molecular weight is 427 g/mol. The smallest absolute Gasteiger partial charge is 0.338 e. The van der Waals surface area contributed by atoms with Gasteiger partial charge in [0.25, 0.3) is 11.8 Å². The molecule has 0 N–H and O–H groups in total. The number of carbonyl (C=O) groups is 4. The second-order valence-corrected chi connectivity index (χ2v) is 7.86. The van der Waals surface area contributed by atoms with Gasteiger partial charge in [0.15, 0.2) is 6.61 Å². The zero-order chi connectivity index (χ0) is 23.0. The Morgan fingerprint density at radius 3 is 2.16 bits per heavy atom. The first kappa shape index (κ1) is 21.2. The van der Waals surface area contributed by atoms with E-state index in [1.807, 2.05) is 45.0 Å². The highest BCUT2D eigenvalue weighted by Crippen LogP contribution is 2.29. The Bertz CT molecular complexity index is 1270. The van der Waals surface area contributed by atoms with Gasteiger partial charge in [-0.2, -0.15) is 0 Å². The van der Waals surface area contributed by atoms with Crippen LogP contribution in [-0.2, 0) is 4.74 Å². The molecule has 0 bridgehead atoms. The van der Waals surface area contributed by atoms with Crippen LogP contribution in [0, 0.1) is 20.8 Å². The first-order valence-corrected chi connectivity index (χ1v) is 10.1. The van der Waals surface area contributed by atoms with E-state index in [4.69, 9.17) is 4.74 Å². The third kappa shape index (κ3) is 3.83. The Morgan fingerprint density at radius 1 is 0.781 bits per heavy atom. The minimum atomic E-state index is -0.736. The Balaban J connectivity index is 1.51. The van der Waals surface area contributed by atoms with E-state index in [9.17, 15) is 19.2 Å². The van der Waals surface area contributed by atoms with Crippen molar-refractivity contribution in [3.8, 4) is 0 Å². The number of ether oxygens (including phenoxy) is 1. The molecule has 0 saturated carbocycles. The number of anilines is 1. The molecule has 0 radical (unpaired) electrons. The van der Waals surface area contributed by atoms with Gasteiger partial charge in [-0.25, -0.2) is 9.69 Å². The molecule has 0 fully saturated rings. The van der Waals surface area contributed by atoms with Gasteiger partial charge in [-0.15, -0.1) is 0 Å². The monoisotopic (exact) mass is 427 g/mol. The van der Waals surface area contributed by atoms with E-state index in [2.05, 4.69) is 0 Å². The summed E-state index contributed by atoms with van der Waals surface area (Å²) in [5, 5.41) is 0. The predicted molar refractivity (Wildman–Crippen MR) is 119 cm³/mol. The fourth-order valence-corrected chi connectivity index (χ4v) is 3.62. The summed E-state index contributed by atoms with van der Waals surface area (Å²) in [7, 11) is 0. The lowest BCUT2D eigenvalue weighted by Gasteiger charge is -2.13. The van der Waals surface area contributed by atoms with Gasteiger partial charge in [0.05, 0.1) is 22.4 Å². The van der Waals surface area contributed by atoms with Crippen molar-refractivity contribution < 1.29 is 23.9 Å². The number of benzene rings is 3. The van der Waals surface area contributed by atoms with Crippen LogP contribution in [0.2, 0.25) is 0 Å². The van der Waals surface area contributed by atoms with E-state index in [-0.39, 0.29) is 22.5 Å². The molecule has 3 aromatic carbocycles. The molecular weight excluding hydrogens is 406 g/mol. The molecule has 1 aliphatic heterocycles. The minimum absolute atomic E-state index is 0.101. The summed E-state index contributed by atoms with van der Waals surface area (Å²) in [5.41, 5.74) is 4.16. The van der Waals surface area contributed by atoms with Gasteiger partial charge in [-0.05, 0) is 62.7 Å². The van der Waals surface area contributed by atoms with Crippen molar-refractivity contribution >= 4 is 29.3 Å². The predicted octanol–water partition coefficient (Wildman–Crippen LogP) is 4.45. The van der Waals surface area contributed by atoms with Gasteiger partial charge in [0, 0.05) is 5.56 Å². The number of carbonyl (C=O) groups excluding carboxylic acids is 4. The zero-order valence-electron chi connectivity index (χ0n) is 18.0. The molecule has 0 spiro atoms. The molecule has 0 aromatic heterocycles. The number of hydrogen-bond donors (Lipinski definition) is 0. The third-order valence-electron chi connectivity index (χ3n) is 5.44. The largest absolute Gasteiger partial charge is 0.454 e. The maximum Gasteiger partial charge on any atom is 0.338 e. The van der Waals surface area contributed by atoms with Crippen LogP contribution >= 0.6 is 0 Å². The number of nitrogens with zero attached hydrogens (tertiary/aromatic N) is 1. The third-order valence-corrected chi connectivity index (χ3v) is 5.44. The Labute approximate surface area is 185 Å². The summed E-state index contributed by atoms with van der Waals surface area (Å²) < 4.78 is 5.19. The summed E-state index contributed by atoms with van der Waals surface area (Å²) in [6.07, 6.45) is 0. The quantitative estimate of drug-likeness (QED) is 0.341. The first-order valence-electron chi connectivity index (χ1n) is 10.1. The number of ketones is 1. The standard InChI is InChI=1S/C26H21NO5/c1-15-5-9-19(10-6-15)27-24(29)20-11-8-18(13-22(20)25(27)30)26(31)32-14-23(28)21-12-16(2)4-7-17(21)3/h4-13H,14H2,1-3H3. The van der Waals surface area contributed by atoms with E-state index in [0.717, 1.165) is 21.6 Å². The average Bonchev–Trinajstić information content (AvgIpc) is 3.03. The van der Waals surface area contributed by atoms with Gasteiger partial charge < -0.3 is 4.74 Å². The van der Waals surface area contributed by atoms with Gasteiger partial charge in [0.1, 0.15) is 0 Å². The van der Waals surface area contributed by atoms with Gasteiger partial charge in [-0.1, -0.05) is 35.4 Å². The summed E-state index contributed by atoms with van der Waals surface area (Å²) >= 11 is 0. The molecule has 6 nitrogen and oxygen atoms in total. The van der Waals surface area contributed by atoms with Gasteiger partial charge in [0.2, 0.25) is 5.78 Å². The van der Waals surface area contributed by atoms with Crippen molar-refractivity contribution in [2.75, 3.05) is 11.5 Å². The highest BCUT2D eigenvalue weighted by molar-refractivity contribution is 6.34. The number of aryl methyl sites for hydroxylation is 3. The minimum Gasteiger partial charge on any atom is -0.454 e. The Hall–Kier alpha value is -4.06. The molecule has 160 valence electrons. The first-order chi connectivity index (χ1) is 15.3. The highest BCUT2D eigenvalue weighted by atomic mass is 16.5. The van der Waals surface area contributed by atoms with Crippen molar-refractivity contribution in [2.45, 2.75) is 20.8 Å². The van der Waals surface area contributed by atoms with Crippen LogP contribution in [0.5, 0.6) is 0 Å². The Morgan fingerprint density at radius 2 is 1.44 bits per heavy atom. The fraction of sp³-hybridized carbons (Fsp3) is 0.154. The lowest BCUT2D eigenvalue weighted by Crippen LogP contribution is -2.29. The van der Waals surface area contributed by atoms with E-state index < -0.39 is 24.4 Å². The van der Waals surface area contributed by atoms with E-state index >= 15 is 0 Å². The van der Waals surface area contributed by atoms with Crippen LogP contribution in [0.25, 0.3) is 0 Å². The van der Waals surface area contributed by atoms with Crippen molar-refractivity contribution in [1.29, 1.82) is 0 Å². The fourth-order valence-electron chi connectivity index (χ4n) is 3.62. The second kappa shape index (κ2) is 8.23. The number of amides is 2. The van der Waals surface area contributed by atoms with Gasteiger partial charge >= 0.3 is 5.97 Å². The Kier molecular flexibility index (Phi) is 5.45. The maximum atomic E-state index is 12.9. The van der Waals surface area contributed by atoms with Crippen LogP contribution in [-0.4, -0.2) is 30.2 Å². The molecule has 2 amide bonds. The summed E-state index contributed by atoms with van der Waals surface area (Å²) in [5.74, 6) is -1.99. The molecule has 0 unspecified atom stereocenters. The molecule has 1 heterocycles. The van der Waals surface area contributed by atoms with Crippen LogP contribution in [0.15, 0.2) is 60.7 Å². The van der Waals surface area contributed by atoms with Crippen LogP contribution < -0.4 is 4.90 Å². The molecule has 0 aliphatic carbocycles. The van der Waals surface area contributed by atoms with Crippen molar-refractivity contribution in [2.24, 2.45) is 0 Å². The number of esters is 1. The molecule has 32 heavy (non-hydrogen) atoms. The number of rotatable bonds is 5. The molecular formula is C26H21NO5. The number of hydrogen-bond acceptors (Lipinski definition) is 5.